The fourth-order valence-corrected chi connectivity index (χ4v) is 2.58. The van der Waals surface area contributed by atoms with Crippen LogP contribution in [0.2, 0.25) is 0 Å². The molecule has 0 radical (unpaired) electrons. The second-order valence-corrected chi connectivity index (χ2v) is 5.44. The Morgan fingerprint density at radius 1 is 1.00 bits per heavy atom. The van der Waals surface area contributed by atoms with Gasteiger partial charge in [-0.15, -0.1) is 0 Å². The molecule has 0 fully saturated rings. The van der Waals surface area contributed by atoms with Crippen LogP contribution >= 0.6 is 15.9 Å². The van der Waals surface area contributed by atoms with Gasteiger partial charge in [0.15, 0.2) is 0 Å². The van der Waals surface area contributed by atoms with Gasteiger partial charge in [-0.3, -0.25) is 9.89 Å². The Kier molecular flexibility index (Phi) is 3.32. The maximum Gasteiger partial charge on any atom is 0.286 e. The van der Waals surface area contributed by atoms with Gasteiger partial charge in [-0.1, -0.05) is 48.0 Å². The molecule has 0 aliphatic rings. The lowest BCUT2D eigenvalue weighted by Crippen LogP contribution is -2.14. The topological polar surface area (TPSA) is 37.8 Å². The summed E-state index contributed by atoms with van der Waals surface area (Å²) in [6.45, 7) is 2.02. The molecule has 2 aromatic carbocycles. The summed E-state index contributed by atoms with van der Waals surface area (Å²) in [5, 5.41) is 3.16. The lowest BCUT2D eigenvalue weighted by molar-refractivity contribution is 0.851. The van der Waals surface area contributed by atoms with Gasteiger partial charge in [0, 0.05) is 5.56 Å². The van der Waals surface area contributed by atoms with Crippen molar-refractivity contribution >= 4 is 15.9 Å². The lowest BCUT2D eigenvalue weighted by Gasteiger charge is -2.02. The van der Waals surface area contributed by atoms with Crippen LogP contribution in [0.5, 0.6) is 0 Å². The van der Waals surface area contributed by atoms with Crippen LogP contribution in [0, 0.1) is 6.92 Å². The minimum atomic E-state index is -0.0901. The molecule has 3 nitrogen and oxygen atoms in total. The van der Waals surface area contributed by atoms with Gasteiger partial charge in [0.2, 0.25) is 0 Å². The maximum atomic E-state index is 12.3. The Bertz CT molecular complexity index is 786. The van der Waals surface area contributed by atoms with E-state index in [1.54, 1.807) is 4.68 Å². The van der Waals surface area contributed by atoms with Crippen molar-refractivity contribution in [1.82, 2.24) is 9.78 Å². The lowest BCUT2D eigenvalue weighted by atomic mass is 10.2. The monoisotopic (exact) mass is 328 g/mol. The molecule has 0 amide bonds. The Morgan fingerprint density at radius 3 is 2.30 bits per heavy atom. The fraction of sp³-hybridized carbons (Fsp3) is 0.0625. The number of halogens is 1. The summed E-state index contributed by atoms with van der Waals surface area (Å²) in [6, 6.07) is 17.6. The molecule has 0 saturated heterocycles. The zero-order chi connectivity index (χ0) is 14.1. The van der Waals surface area contributed by atoms with E-state index < -0.39 is 0 Å². The highest BCUT2D eigenvalue weighted by Crippen LogP contribution is 2.24. The van der Waals surface area contributed by atoms with E-state index in [2.05, 4.69) is 21.0 Å². The third-order valence-electron chi connectivity index (χ3n) is 3.19. The van der Waals surface area contributed by atoms with Gasteiger partial charge in [-0.25, -0.2) is 4.68 Å². The van der Waals surface area contributed by atoms with Crippen LogP contribution in [0.15, 0.2) is 63.9 Å². The normalized spacial score (nSPS) is 10.7. The van der Waals surface area contributed by atoms with Crippen molar-refractivity contribution in [3.63, 3.8) is 0 Å². The molecule has 0 aliphatic heterocycles. The molecule has 1 N–H and O–H groups in total. The average Bonchev–Trinajstić information content (AvgIpc) is 2.77. The van der Waals surface area contributed by atoms with E-state index in [-0.39, 0.29) is 5.56 Å². The highest BCUT2D eigenvalue weighted by Gasteiger charge is 2.13. The van der Waals surface area contributed by atoms with Gasteiger partial charge in [-0.2, -0.15) is 0 Å². The molecule has 1 aromatic heterocycles. The highest BCUT2D eigenvalue weighted by atomic mass is 79.9. The van der Waals surface area contributed by atoms with E-state index in [9.17, 15) is 4.79 Å². The van der Waals surface area contributed by atoms with Gasteiger partial charge < -0.3 is 0 Å². The third kappa shape index (κ3) is 2.23. The second kappa shape index (κ2) is 5.13. The minimum absolute atomic E-state index is 0.0901. The zero-order valence-electron chi connectivity index (χ0n) is 10.9. The van der Waals surface area contributed by atoms with E-state index >= 15 is 0 Å². The Labute approximate surface area is 125 Å². The average molecular weight is 329 g/mol. The quantitative estimate of drug-likeness (QED) is 0.761. The molecule has 3 rings (SSSR count). The smallest absolute Gasteiger partial charge is 0.286 e. The first kappa shape index (κ1) is 12.9. The minimum Gasteiger partial charge on any atom is -0.289 e. The van der Waals surface area contributed by atoms with Crippen LogP contribution in [-0.2, 0) is 0 Å². The van der Waals surface area contributed by atoms with E-state index in [4.69, 9.17) is 0 Å². The molecule has 100 valence electrons. The second-order valence-electron chi connectivity index (χ2n) is 4.64. The Balaban J connectivity index is 2.16. The van der Waals surface area contributed by atoms with Crippen LogP contribution in [0.1, 0.15) is 5.56 Å². The first-order valence-corrected chi connectivity index (χ1v) is 7.09. The summed E-state index contributed by atoms with van der Waals surface area (Å²) in [5.41, 5.74) is 3.66. The zero-order valence-corrected chi connectivity index (χ0v) is 12.5. The van der Waals surface area contributed by atoms with E-state index in [1.807, 2.05) is 61.5 Å². The molecule has 3 aromatic rings. The molecule has 0 aliphatic carbocycles. The number of nitrogens with one attached hydrogen (secondary N) is 1. The summed E-state index contributed by atoms with van der Waals surface area (Å²) in [5.74, 6) is 0. The number of aromatic nitrogens is 2. The molecule has 4 heteroatoms. The first-order valence-electron chi connectivity index (χ1n) is 6.30. The molecular formula is C16H13BrN2O. The number of nitrogens with zero attached hydrogens (tertiary/aromatic N) is 1. The van der Waals surface area contributed by atoms with E-state index in [0.717, 1.165) is 22.5 Å². The van der Waals surface area contributed by atoms with Crippen molar-refractivity contribution in [3.8, 4) is 16.9 Å². The van der Waals surface area contributed by atoms with Crippen LogP contribution in [0.25, 0.3) is 16.9 Å². The van der Waals surface area contributed by atoms with Crippen molar-refractivity contribution < 1.29 is 0 Å². The third-order valence-corrected chi connectivity index (χ3v) is 3.92. The number of H-pyrrole nitrogens is 1. The largest absolute Gasteiger partial charge is 0.289 e. The Morgan fingerprint density at radius 2 is 1.65 bits per heavy atom. The van der Waals surface area contributed by atoms with Gasteiger partial charge >= 0.3 is 0 Å². The highest BCUT2D eigenvalue weighted by molar-refractivity contribution is 9.10. The number of aromatic amines is 1. The first-order chi connectivity index (χ1) is 9.66. The molecular weight excluding hydrogens is 316 g/mol. The maximum absolute atomic E-state index is 12.3. The number of hydrogen-bond acceptors (Lipinski definition) is 1. The summed E-state index contributed by atoms with van der Waals surface area (Å²) in [4.78, 5) is 12.3. The van der Waals surface area contributed by atoms with Crippen molar-refractivity contribution in [2.45, 2.75) is 6.92 Å². The van der Waals surface area contributed by atoms with Crippen LogP contribution in [0.3, 0.4) is 0 Å². The van der Waals surface area contributed by atoms with E-state index in [1.165, 1.54) is 0 Å². The van der Waals surface area contributed by atoms with Crippen LogP contribution in [0.4, 0.5) is 0 Å². The van der Waals surface area contributed by atoms with E-state index in [0.29, 0.717) is 4.47 Å². The summed E-state index contributed by atoms with van der Waals surface area (Å²) in [7, 11) is 0. The SMILES string of the molecule is Cc1ccc(-n2[nH]c(-c3ccccc3)c(Br)c2=O)cc1. The fourth-order valence-electron chi connectivity index (χ4n) is 2.09. The van der Waals surface area contributed by atoms with Gasteiger partial charge in [0.25, 0.3) is 5.56 Å². The van der Waals surface area contributed by atoms with Crippen molar-refractivity contribution in [1.29, 1.82) is 0 Å². The van der Waals surface area contributed by atoms with Crippen LogP contribution in [-0.4, -0.2) is 9.78 Å². The number of benzene rings is 2. The molecule has 0 saturated carbocycles. The van der Waals surface area contributed by atoms with Gasteiger partial charge in [-0.05, 0) is 35.0 Å². The predicted octanol–water partition coefficient (Wildman–Crippen LogP) is 3.90. The van der Waals surface area contributed by atoms with Crippen molar-refractivity contribution in [2.75, 3.05) is 0 Å². The molecule has 0 bridgehead atoms. The summed E-state index contributed by atoms with van der Waals surface area (Å²) < 4.78 is 2.09. The molecule has 0 atom stereocenters. The summed E-state index contributed by atoms with van der Waals surface area (Å²) in [6.07, 6.45) is 0. The van der Waals surface area contributed by atoms with Gasteiger partial charge in [0.05, 0.1) is 11.4 Å². The van der Waals surface area contributed by atoms with Crippen molar-refractivity contribution in [3.05, 3.63) is 75.0 Å². The molecule has 0 unspecified atom stereocenters. The standard InChI is InChI=1S/C16H13BrN2O/c1-11-7-9-13(10-8-11)19-16(20)14(17)15(18-19)12-5-3-2-4-6-12/h2-10,18H,1H3. The predicted molar refractivity (Wildman–Crippen MR) is 84.3 cm³/mol. The molecule has 1 heterocycles. The van der Waals surface area contributed by atoms with Gasteiger partial charge in [0.1, 0.15) is 4.47 Å². The molecule has 20 heavy (non-hydrogen) atoms. The van der Waals surface area contributed by atoms with Crippen LogP contribution < -0.4 is 5.56 Å². The number of rotatable bonds is 2. The number of aryl methyl sites for hydroxylation is 1. The molecule has 0 spiro atoms. The number of hydrogen-bond donors (Lipinski definition) is 1. The summed E-state index contributed by atoms with van der Waals surface area (Å²) >= 11 is 3.38. The van der Waals surface area contributed by atoms with Crippen molar-refractivity contribution in [2.24, 2.45) is 0 Å². The Hall–Kier alpha value is -2.07.